The van der Waals surface area contributed by atoms with Crippen LogP contribution in [0.15, 0.2) is 23.8 Å². The lowest BCUT2D eigenvalue weighted by Gasteiger charge is -2.21. The molecule has 0 aliphatic carbocycles. The molecular formula is C18H25N3O3S. The lowest BCUT2D eigenvalue weighted by Crippen LogP contribution is -2.24. The van der Waals surface area contributed by atoms with E-state index in [0.29, 0.717) is 29.2 Å². The molecule has 2 rings (SSSR count). The van der Waals surface area contributed by atoms with Crippen molar-refractivity contribution in [1.82, 2.24) is 4.98 Å². The highest BCUT2D eigenvalue weighted by Gasteiger charge is 2.21. The molecule has 0 aliphatic rings. The van der Waals surface area contributed by atoms with Gasteiger partial charge in [0.25, 0.3) is 0 Å². The molecule has 0 saturated carbocycles. The Morgan fingerprint density at radius 2 is 2.08 bits per heavy atom. The molecule has 0 saturated heterocycles. The molecular weight excluding hydrogens is 338 g/mol. The SMILES string of the molecule is CC(C)Oc1cc(C(=O)OC(C)(C)C)cc(NCc2cncs2)c1N. The van der Waals surface area contributed by atoms with Gasteiger partial charge in [-0.3, -0.25) is 4.98 Å². The van der Waals surface area contributed by atoms with Crippen molar-refractivity contribution in [1.29, 1.82) is 0 Å². The first-order valence-electron chi connectivity index (χ1n) is 8.10. The maximum absolute atomic E-state index is 12.4. The number of carbonyl (C=O) groups is 1. The molecule has 7 heteroatoms. The van der Waals surface area contributed by atoms with E-state index in [1.165, 1.54) is 0 Å². The van der Waals surface area contributed by atoms with E-state index in [2.05, 4.69) is 10.3 Å². The van der Waals surface area contributed by atoms with Gasteiger partial charge in [-0.2, -0.15) is 0 Å². The summed E-state index contributed by atoms with van der Waals surface area (Å²) < 4.78 is 11.2. The summed E-state index contributed by atoms with van der Waals surface area (Å²) in [6.45, 7) is 9.87. The predicted molar refractivity (Wildman–Crippen MR) is 101 cm³/mol. The van der Waals surface area contributed by atoms with Crippen LogP contribution < -0.4 is 15.8 Å². The molecule has 3 N–H and O–H groups in total. The number of aromatic nitrogens is 1. The van der Waals surface area contributed by atoms with Crippen LogP contribution in [-0.4, -0.2) is 22.7 Å². The van der Waals surface area contributed by atoms with Crippen LogP contribution in [0.5, 0.6) is 5.75 Å². The summed E-state index contributed by atoms with van der Waals surface area (Å²) in [6, 6.07) is 3.32. The van der Waals surface area contributed by atoms with E-state index in [0.717, 1.165) is 4.88 Å². The second kappa shape index (κ2) is 7.74. The number of carbonyl (C=O) groups excluding carboxylic acids is 1. The molecule has 0 bridgehead atoms. The first-order chi connectivity index (χ1) is 11.7. The molecule has 25 heavy (non-hydrogen) atoms. The number of esters is 1. The van der Waals surface area contributed by atoms with E-state index in [9.17, 15) is 4.79 Å². The average molecular weight is 363 g/mol. The first-order valence-corrected chi connectivity index (χ1v) is 8.98. The van der Waals surface area contributed by atoms with Crippen molar-refractivity contribution in [3.8, 4) is 5.75 Å². The summed E-state index contributed by atoms with van der Waals surface area (Å²) in [4.78, 5) is 17.6. The van der Waals surface area contributed by atoms with Gasteiger partial charge in [0.2, 0.25) is 0 Å². The van der Waals surface area contributed by atoms with E-state index >= 15 is 0 Å². The Bertz CT molecular complexity index is 722. The van der Waals surface area contributed by atoms with Crippen LogP contribution >= 0.6 is 11.3 Å². The predicted octanol–water partition coefficient (Wildman–Crippen LogP) is 4.08. The van der Waals surface area contributed by atoms with Gasteiger partial charge in [-0.15, -0.1) is 11.3 Å². The summed E-state index contributed by atoms with van der Waals surface area (Å²) in [5.41, 5.74) is 8.90. The van der Waals surface area contributed by atoms with Crippen molar-refractivity contribution < 1.29 is 14.3 Å². The van der Waals surface area contributed by atoms with Crippen molar-refractivity contribution in [3.05, 3.63) is 34.3 Å². The zero-order chi connectivity index (χ0) is 18.6. The molecule has 2 aromatic rings. The van der Waals surface area contributed by atoms with Crippen molar-refractivity contribution in [3.63, 3.8) is 0 Å². The van der Waals surface area contributed by atoms with Gasteiger partial charge in [0.05, 0.1) is 35.1 Å². The van der Waals surface area contributed by atoms with Crippen molar-refractivity contribution in [2.75, 3.05) is 11.1 Å². The smallest absolute Gasteiger partial charge is 0.338 e. The van der Waals surface area contributed by atoms with Gasteiger partial charge in [0.1, 0.15) is 11.4 Å². The number of hydrogen-bond acceptors (Lipinski definition) is 7. The third-order valence-electron chi connectivity index (χ3n) is 3.08. The molecule has 0 aliphatic heterocycles. The van der Waals surface area contributed by atoms with Crippen molar-refractivity contribution >= 4 is 28.7 Å². The second-order valence-corrected chi connectivity index (χ2v) is 7.90. The van der Waals surface area contributed by atoms with Crippen LogP contribution in [0.25, 0.3) is 0 Å². The topological polar surface area (TPSA) is 86.5 Å². The lowest BCUT2D eigenvalue weighted by atomic mass is 10.1. The number of nitrogens with two attached hydrogens (primary N) is 1. The number of anilines is 2. The van der Waals surface area contributed by atoms with Gasteiger partial charge < -0.3 is 20.5 Å². The van der Waals surface area contributed by atoms with Crippen molar-refractivity contribution in [2.45, 2.75) is 52.9 Å². The Morgan fingerprint density at radius 3 is 2.64 bits per heavy atom. The van der Waals surface area contributed by atoms with Gasteiger partial charge in [0, 0.05) is 11.1 Å². The van der Waals surface area contributed by atoms with Gasteiger partial charge >= 0.3 is 5.97 Å². The molecule has 1 aromatic heterocycles. The molecule has 136 valence electrons. The Balaban J connectivity index is 2.32. The summed E-state index contributed by atoms with van der Waals surface area (Å²) in [6.07, 6.45) is 1.72. The van der Waals surface area contributed by atoms with E-state index in [-0.39, 0.29) is 6.10 Å². The maximum Gasteiger partial charge on any atom is 0.338 e. The van der Waals surface area contributed by atoms with E-state index in [4.69, 9.17) is 15.2 Å². The molecule has 0 spiro atoms. The molecule has 0 fully saturated rings. The normalized spacial score (nSPS) is 11.4. The quantitative estimate of drug-likeness (QED) is 0.594. The van der Waals surface area contributed by atoms with E-state index < -0.39 is 11.6 Å². The van der Waals surface area contributed by atoms with Gasteiger partial charge in [0.15, 0.2) is 0 Å². The molecule has 0 radical (unpaired) electrons. The van der Waals surface area contributed by atoms with Crippen LogP contribution in [0.1, 0.15) is 49.9 Å². The Labute approximate surface area is 152 Å². The standard InChI is InChI=1S/C18H25N3O3S/c1-11(2)23-15-7-12(17(22)24-18(3,4)5)6-14(16(15)19)21-9-13-8-20-10-25-13/h6-8,10-11,21H,9,19H2,1-5H3. The number of nitrogens with one attached hydrogen (secondary N) is 1. The summed E-state index contributed by atoms with van der Waals surface area (Å²) in [5.74, 6) is 0.0483. The van der Waals surface area contributed by atoms with Crippen LogP contribution in [-0.2, 0) is 11.3 Å². The monoisotopic (exact) mass is 363 g/mol. The third kappa shape index (κ3) is 5.63. The summed E-state index contributed by atoms with van der Waals surface area (Å²) in [5, 5.41) is 3.24. The zero-order valence-corrected chi connectivity index (χ0v) is 16.1. The summed E-state index contributed by atoms with van der Waals surface area (Å²) >= 11 is 1.54. The number of hydrogen-bond donors (Lipinski definition) is 2. The maximum atomic E-state index is 12.4. The lowest BCUT2D eigenvalue weighted by molar-refractivity contribution is 0.00690. The second-order valence-electron chi connectivity index (χ2n) is 6.93. The number of thiazole rings is 1. The molecule has 0 unspecified atom stereocenters. The van der Waals surface area contributed by atoms with Gasteiger partial charge in [-0.25, -0.2) is 4.79 Å². The number of ether oxygens (including phenoxy) is 2. The van der Waals surface area contributed by atoms with Crippen LogP contribution in [0, 0.1) is 0 Å². The van der Waals surface area contributed by atoms with Gasteiger partial charge in [-0.1, -0.05) is 0 Å². The first kappa shape index (κ1) is 19.1. The molecule has 0 amide bonds. The summed E-state index contributed by atoms with van der Waals surface area (Å²) in [7, 11) is 0. The molecule has 6 nitrogen and oxygen atoms in total. The number of nitrogen functional groups attached to an aromatic ring is 1. The van der Waals surface area contributed by atoms with Crippen LogP contribution in [0.2, 0.25) is 0 Å². The average Bonchev–Trinajstić information content (AvgIpc) is 2.99. The molecule has 1 heterocycles. The number of nitrogens with zero attached hydrogens (tertiary/aromatic N) is 1. The van der Waals surface area contributed by atoms with Crippen LogP contribution in [0.4, 0.5) is 11.4 Å². The largest absolute Gasteiger partial charge is 0.489 e. The Kier molecular flexibility index (Phi) is 5.89. The minimum atomic E-state index is -0.576. The Morgan fingerprint density at radius 1 is 1.36 bits per heavy atom. The number of benzene rings is 1. The van der Waals surface area contributed by atoms with Crippen LogP contribution in [0.3, 0.4) is 0 Å². The zero-order valence-electron chi connectivity index (χ0n) is 15.3. The molecule has 1 aromatic carbocycles. The highest BCUT2D eigenvalue weighted by atomic mass is 32.1. The molecule has 0 atom stereocenters. The minimum Gasteiger partial charge on any atom is -0.489 e. The fourth-order valence-corrected chi connectivity index (χ4v) is 2.63. The highest BCUT2D eigenvalue weighted by Crippen LogP contribution is 2.33. The highest BCUT2D eigenvalue weighted by molar-refractivity contribution is 7.09. The Hall–Kier alpha value is -2.28. The number of rotatable bonds is 6. The minimum absolute atomic E-state index is 0.0643. The fourth-order valence-electron chi connectivity index (χ4n) is 2.09. The third-order valence-corrected chi connectivity index (χ3v) is 3.86. The van der Waals surface area contributed by atoms with E-state index in [1.54, 1.807) is 35.2 Å². The van der Waals surface area contributed by atoms with Gasteiger partial charge in [-0.05, 0) is 46.8 Å². The van der Waals surface area contributed by atoms with Crippen molar-refractivity contribution in [2.24, 2.45) is 0 Å². The van der Waals surface area contributed by atoms with E-state index in [1.807, 2.05) is 34.6 Å². The fraction of sp³-hybridized carbons (Fsp3) is 0.444.